The van der Waals surface area contributed by atoms with Gasteiger partial charge in [-0.05, 0) is 83.5 Å². The molecule has 0 spiro atoms. The number of hydrogen-bond donors (Lipinski definition) is 0. The Kier molecular flexibility index (Phi) is 7.40. The molecule has 0 N–H and O–H groups in total. The molecular weight excluding hydrogens is 621 g/mol. The van der Waals surface area contributed by atoms with E-state index < -0.39 is 10.5 Å². The standard InChI is InChI=1S/C24H24BrF2IN4O2/c1-13(2)32-22-18(17-7-8-20(23(17)32)30-31-29)10-15(11-19(22)25)21(33)9-14-3-5-16(6-4-14)34-12-24(26,27)28/h3-6,10-11,13,17,20,23H,7-9,12H2,1-2H3. The summed E-state index contributed by atoms with van der Waals surface area (Å²) in [6.45, 7) is 3.54. The summed E-state index contributed by atoms with van der Waals surface area (Å²) in [5, 5.41) is 4.06. The predicted octanol–water partition coefficient (Wildman–Crippen LogP) is 7.43. The van der Waals surface area contributed by atoms with Crippen molar-refractivity contribution in [1.82, 2.24) is 0 Å². The number of carbonyl (C=O) groups is 1. The molecule has 34 heavy (non-hydrogen) atoms. The van der Waals surface area contributed by atoms with Crippen LogP contribution in [-0.4, -0.2) is 34.4 Å². The molecule has 3 unspecified atom stereocenters. The summed E-state index contributed by atoms with van der Waals surface area (Å²) in [6.07, 6.45) is 1.93. The first kappa shape index (κ1) is 25.2. The number of Topliss-reactive ketones (excluding diaryl/α,β-unsaturated/α-hetero) is 1. The van der Waals surface area contributed by atoms with E-state index >= 15 is 0 Å². The fourth-order valence-electron chi connectivity index (χ4n) is 5.12. The van der Waals surface area contributed by atoms with Gasteiger partial charge in [0, 0.05) is 62.0 Å². The van der Waals surface area contributed by atoms with Crippen LogP contribution in [0.4, 0.5) is 14.5 Å². The molecule has 0 amide bonds. The summed E-state index contributed by atoms with van der Waals surface area (Å²) in [6, 6.07) is 10.7. The molecule has 0 aromatic heterocycles. The SMILES string of the molecule is CC(C)N1c2c(Br)cc(C(=O)Cc3ccc(OCC(F)(F)I)cc3)cc2C2CCC(N=[N+]=[N-])C21. The van der Waals surface area contributed by atoms with Crippen LogP contribution in [0.2, 0.25) is 0 Å². The number of nitrogens with zero attached hydrogens (tertiary/aromatic N) is 4. The van der Waals surface area contributed by atoms with Gasteiger partial charge in [-0.25, -0.2) is 0 Å². The largest absolute Gasteiger partial charge is 0.486 e. The molecule has 0 bridgehead atoms. The summed E-state index contributed by atoms with van der Waals surface area (Å²) in [5.74, 6) is 0.521. The van der Waals surface area contributed by atoms with Gasteiger partial charge in [0.2, 0.25) is 0 Å². The van der Waals surface area contributed by atoms with E-state index in [0.29, 0.717) is 11.3 Å². The van der Waals surface area contributed by atoms with Crippen LogP contribution in [0.15, 0.2) is 46.0 Å². The molecule has 6 nitrogen and oxygen atoms in total. The molecule has 2 aromatic carbocycles. The smallest absolute Gasteiger partial charge is 0.329 e. The van der Waals surface area contributed by atoms with Gasteiger partial charge in [-0.2, -0.15) is 8.78 Å². The normalized spacial score (nSPS) is 21.3. The lowest BCUT2D eigenvalue weighted by atomic mass is 9.93. The summed E-state index contributed by atoms with van der Waals surface area (Å²) >= 11 is 4.73. The Labute approximate surface area is 218 Å². The average Bonchev–Trinajstić information content (AvgIpc) is 3.32. The van der Waals surface area contributed by atoms with Crippen molar-refractivity contribution in [2.45, 2.75) is 61.1 Å². The Balaban J connectivity index is 1.55. The maximum absolute atomic E-state index is 13.2. The highest BCUT2D eigenvalue weighted by Gasteiger charge is 2.48. The van der Waals surface area contributed by atoms with E-state index in [9.17, 15) is 13.6 Å². The fourth-order valence-corrected chi connectivity index (χ4v) is 5.95. The second-order valence-electron chi connectivity index (χ2n) is 8.99. The summed E-state index contributed by atoms with van der Waals surface area (Å²) in [7, 11) is 0. The van der Waals surface area contributed by atoms with Gasteiger partial charge >= 0.3 is 3.93 Å². The van der Waals surface area contributed by atoms with Crippen LogP contribution < -0.4 is 9.64 Å². The maximum atomic E-state index is 13.2. The summed E-state index contributed by atoms with van der Waals surface area (Å²) in [4.78, 5) is 18.5. The van der Waals surface area contributed by atoms with Crippen LogP contribution in [0.25, 0.3) is 10.4 Å². The van der Waals surface area contributed by atoms with Crippen LogP contribution in [0.1, 0.15) is 54.1 Å². The molecule has 0 saturated heterocycles. The van der Waals surface area contributed by atoms with Crippen LogP contribution in [0, 0.1) is 0 Å². The van der Waals surface area contributed by atoms with E-state index in [1.54, 1.807) is 24.3 Å². The molecule has 2 aromatic rings. The lowest BCUT2D eigenvalue weighted by molar-refractivity contribution is 0.0647. The minimum Gasteiger partial charge on any atom is -0.486 e. The Morgan fingerprint density at radius 3 is 2.65 bits per heavy atom. The lowest BCUT2D eigenvalue weighted by Crippen LogP contribution is -2.43. The molecule has 1 fully saturated rings. The number of anilines is 1. The molecule has 4 rings (SSSR count). The summed E-state index contributed by atoms with van der Waals surface area (Å²) < 4.78 is 29.0. The quantitative estimate of drug-likeness (QED) is 0.0749. The molecule has 2 aliphatic rings. The van der Waals surface area contributed by atoms with E-state index in [2.05, 4.69) is 44.7 Å². The van der Waals surface area contributed by atoms with E-state index in [4.69, 9.17) is 10.3 Å². The third-order valence-corrected chi connectivity index (χ3v) is 7.34. The Morgan fingerprint density at radius 1 is 1.32 bits per heavy atom. The van der Waals surface area contributed by atoms with Crippen molar-refractivity contribution in [2.24, 2.45) is 5.11 Å². The number of rotatable bonds is 8. The molecule has 3 atom stereocenters. The van der Waals surface area contributed by atoms with Crippen molar-refractivity contribution < 1.29 is 18.3 Å². The highest BCUT2D eigenvalue weighted by Crippen LogP contribution is 2.53. The van der Waals surface area contributed by atoms with Gasteiger partial charge in [0.15, 0.2) is 12.4 Å². The monoisotopic (exact) mass is 644 g/mol. The average molecular weight is 645 g/mol. The topological polar surface area (TPSA) is 78.3 Å². The highest BCUT2D eigenvalue weighted by atomic mass is 127. The minimum atomic E-state index is -2.93. The van der Waals surface area contributed by atoms with Gasteiger partial charge in [0.1, 0.15) is 5.75 Å². The molecule has 1 heterocycles. The molecule has 180 valence electrons. The zero-order chi connectivity index (χ0) is 24.6. The van der Waals surface area contributed by atoms with E-state index in [1.807, 2.05) is 12.1 Å². The van der Waals surface area contributed by atoms with Gasteiger partial charge in [-0.15, -0.1) is 0 Å². The number of halogens is 4. The van der Waals surface area contributed by atoms with Gasteiger partial charge in [0.05, 0.1) is 11.7 Å². The number of ether oxygens (including phenoxy) is 1. The first-order valence-electron chi connectivity index (χ1n) is 11.1. The third kappa shape index (κ3) is 5.18. The first-order valence-corrected chi connectivity index (χ1v) is 12.9. The molecule has 10 heteroatoms. The second kappa shape index (κ2) is 9.99. The van der Waals surface area contributed by atoms with Crippen LogP contribution >= 0.6 is 38.5 Å². The van der Waals surface area contributed by atoms with Crippen molar-refractivity contribution in [3.8, 4) is 5.75 Å². The van der Waals surface area contributed by atoms with Crippen molar-refractivity contribution >= 4 is 50.0 Å². The van der Waals surface area contributed by atoms with Gasteiger partial charge < -0.3 is 9.64 Å². The number of carbonyl (C=O) groups excluding carboxylic acids is 1. The van der Waals surface area contributed by atoms with Crippen molar-refractivity contribution in [2.75, 3.05) is 11.5 Å². The maximum Gasteiger partial charge on any atom is 0.329 e. The lowest BCUT2D eigenvalue weighted by Gasteiger charge is -2.34. The third-order valence-electron chi connectivity index (χ3n) is 6.42. The second-order valence-corrected chi connectivity index (χ2v) is 11.4. The molecule has 1 aliphatic heterocycles. The summed E-state index contributed by atoms with van der Waals surface area (Å²) in [5.41, 5.74) is 12.6. The number of hydrogen-bond acceptors (Lipinski definition) is 4. The highest BCUT2D eigenvalue weighted by molar-refractivity contribution is 14.1. The van der Waals surface area contributed by atoms with Crippen LogP contribution in [0.3, 0.4) is 0 Å². The van der Waals surface area contributed by atoms with E-state index in [1.165, 1.54) is 0 Å². The fraction of sp³-hybridized carbons (Fsp3) is 0.458. The number of ketones is 1. The number of azide groups is 1. The molecule has 1 saturated carbocycles. The molecule has 0 radical (unpaired) electrons. The minimum absolute atomic E-state index is 0.0277. The van der Waals surface area contributed by atoms with Crippen LogP contribution in [0.5, 0.6) is 5.75 Å². The molecule has 1 aliphatic carbocycles. The predicted molar refractivity (Wildman–Crippen MR) is 139 cm³/mol. The number of alkyl halides is 3. The number of fused-ring (bicyclic) bond motifs is 3. The van der Waals surface area contributed by atoms with Gasteiger partial charge in [-0.3, -0.25) is 4.79 Å². The first-order chi connectivity index (χ1) is 16.1. The zero-order valence-electron chi connectivity index (χ0n) is 18.7. The Hall–Kier alpha value is -1.91. The number of benzene rings is 2. The van der Waals surface area contributed by atoms with Crippen molar-refractivity contribution in [1.29, 1.82) is 0 Å². The zero-order valence-corrected chi connectivity index (χ0v) is 22.5. The van der Waals surface area contributed by atoms with Crippen LogP contribution in [-0.2, 0) is 6.42 Å². The Bertz CT molecular complexity index is 1130. The van der Waals surface area contributed by atoms with E-state index in [-0.39, 0.29) is 36.2 Å². The van der Waals surface area contributed by atoms with Crippen molar-refractivity contribution in [3.63, 3.8) is 0 Å². The van der Waals surface area contributed by atoms with Gasteiger partial charge in [-0.1, -0.05) is 17.2 Å². The Morgan fingerprint density at radius 2 is 2.03 bits per heavy atom. The van der Waals surface area contributed by atoms with Gasteiger partial charge in [0.25, 0.3) is 0 Å². The van der Waals surface area contributed by atoms with Crippen molar-refractivity contribution in [3.05, 3.63) is 68.0 Å². The molecular formula is C24H24BrF2IN4O2. The van der Waals surface area contributed by atoms with E-state index in [0.717, 1.165) is 56.7 Å².